The van der Waals surface area contributed by atoms with E-state index in [2.05, 4.69) is 26.0 Å². The molecule has 3 atom stereocenters. The number of aliphatic hydroxyl groups is 1. The zero-order valence-electron chi connectivity index (χ0n) is 23.6. The number of β-lactam (4-membered cyclic amide) rings is 1. The lowest BCUT2D eigenvalue weighted by molar-refractivity contribution is -0.161. The number of aliphatic hydroxyl groups excluding tert-OH is 1. The van der Waals surface area contributed by atoms with Crippen LogP contribution in [0.1, 0.15) is 26.5 Å². The number of thioether (sulfide) groups is 2. The maximum atomic E-state index is 13.3. The number of fused-ring (bicyclic) bond motifs is 2. The second-order valence-electron chi connectivity index (χ2n) is 10.7. The van der Waals surface area contributed by atoms with Crippen LogP contribution in [0.5, 0.6) is 0 Å². The fourth-order valence-corrected chi connectivity index (χ4v) is 7.89. The van der Waals surface area contributed by atoms with E-state index >= 15 is 0 Å². The number of oxime groups is 1. The number of carboxylic acids is 2. The van der Waals surface area contributed by atoms with Crippen LogP contribution in [0.15, 0.2) is 38.7 Å². The van der Waals surface area contributed by atoms with Gasteiger partial charge >= 0.3 is 11.9 Å². The summed E-state index contributed by atoms with van der Waals surface area (Å²) in [5.74, 6) is -2.85. The number of aliphatic imine (C=N–C) groups is 1. The van der Waals surface area contributed by atoms with Crippen LogP contribution in [0.25, 0.3) is 0 Å². The number of amides is 2. The number of nitrogens with zero attached hydrogens (tertiary/aromatic N) is 6. The van der Waals surface area contributed by atoms with Crippen LogP contribution >= 0.6 is 34.9 Å². The Morgan fingerprint density at radius 2 is 2.11 bits per heavy atom. The molecule has 0 aliphatic carbocycles. The molecule has 0 aromatic carbocycles. The predicted molar refractivity (Wildman–Crippen MR) is 161 cm³/mol. The lowest BCUT2D eigenvalue weighted by atomic mass is 9.89. The van der Waals surface area contributed by atoms with E-state index in [-0.39, 0.29) is 41.3 Å². The first-order chi connectivity index (χ1) is 20.7. The number of carboxylic acid groups (broad SMARTS) is 2. The molecule has 2 unspecified atom stereocenters. The Balaban J connectivity index is 1.26. The number of rotatable bonds is 11. The number of allylic oxidation sites excluding steroid dienone is 1. The van der Waals surface area contributed by atoms with Gasteiger partial charge in [0, 0.05) is 29.1 Å². The van der Waals surface area contributed by atoms with Crippen molar-refractivity contribution in [1.82, 2.24) is 30.8 Å². The maximum absolute atomic E-state index is 13.3. The number of thiazole rings is 1. The molecule has 0 bridgehead atoms. The summed E-state index contributed by atoms with van der Waals surface area (Å²) in [5.41, 5.74) is 6.00. The third-order valence-corrected chi connectivity index (χ3v) is 10.5. The molecule has 2 amide bonds. The first-order valence-corrected chi connectivity index (χ1v) is 15.9. The van der Waals surface area contributed by atoms with Gasteiger partial charge in [-0.25, -0.2) is 19.8 Å². The van der Waals surface area contributed by atoms with Crippen molar-refractivity contribution in [3.05, 3.63) is 34.2 Å². The van der Waals surface area contributed by atoms with Gasteiger partial charge in [-0.1, -0.05) is 5.16 Å². The van der Waals surface area contributed by atoms with Crippen molar-refractivity contribution in [1.29, 1.82) is 0 Å². The van der Waals surface area contributed by atoms with Crippen molar-refractivity contribution in [3.8, 4) is 0 Å². The van der Waals surface area contributed by atoms with E-state index in [1.807, 2.05) is 0 Å². The molecular formula is C24H29N9O8S3. The second kappa shape index (κ2) is 11.9. The van der Waals surface area contributed by atoms with Crippen molar-refractivity contribution in [2.45, 2.75) is 37.8 Å². The fourth-order valence-electron chi connectivity index (χ4n) is 4.41. The number of carbonyl (C=O) groups excluding carboxylic acids is 2. The van der Waals surface area contributed by atoms with Gasteiger partial charge in [0.25, 0.3) is 5.91 Å². The number of hydrogen-bond acceptors (Lipinski definition) is 16. The number of aliphatic carboxylic acids is 2. The van der Waals surface area contributed by atoms with Crippen molar-refractivity contribution in [2.24, 2.45) is 15.6 Å². The summed E-state index contributed by atoms with van der Waals surface area (Å²) in [6.07, 6.45) is 3.41. The predicted octanol–water partition coefficient (Wildman–Crippen LogP) is -0.385. The smallest absolute Gasteiger partial charge is 0.350 e. The number of aromatic nitrogens is 1. The highest BCUT2D eigenvalue weighted by Gasteiger charge is 2.57. The number of nitrogen functional groups attached to an aromatic ring is 1. The van der Waals surface area contributed by atoms with Crippen LogP contribution < -0.4 is 16.6 Å². The molecule has 7 N–H and O–H groups in total. The van der Waals surface area contributed by atoms with Crippen LogP contribution in [0, 0.1) is 5.41 Å². The Morgan fingerprint density at radius 1 is 1.36 bits per heavy atom. The highest BCUT2D eigenvalue weighted by molar-refractivity contribution is 8.03. The van der Waals surface area contributed by atoms with Gasteiger partial charge in [-0.05, 0) is 26.8 Å². The summed E-state index contributed by atoms with van der Waals surface area (Å²) < 4.78 is 0. The molecule has 5 rings (SSSR count). The average molecular weight is 668 g/mol. The van der Waals surface area contributed by atoms with E-state index < -0.39 is 46.2 Å². The summed E-state index contributed by atoms with van der Waals surface area (Å²) in [5, 5.41) is 40.2. The van der Waals surface area contributed by atoms with Crippen molar-refractivity contribution >= 4 is 75.2 Å². The van der Waals surface area contributed by atoms with Gasteiger partial charge in [-0.2, -0.15) is 0 Å². The highest BCUT2D eigenvalue weighted by Crippen LogP contribution is 2.45. The first-order valence-electron chi connectivity index (χ1n) is 13.0. The topological polar surface area (TPSA) is 236 Å². The molecule has 17 nitrogen and oxygen atoms in total. The molecule has 5 heterocycles. The van der Waals surface area contributed by atoms with Gasteiger partial charge in [0.05, 0.1) is 11.2 Å². The Labute approximate surface area is 262 Å². The first kappa shape index (κ1) is 31.6. The molecule has 2 fully saturated rings. The van der Waals surface area contributed by atoms with Crippen molar-refractivity contribution in [2.75, 3.05) is 30.5 Å². The molecule has 20 heteroatoms. The normalized spacial score (nSPS) is 24.9. The van der Waals surface area contributed by atoms with Gasteiger partial charge in [-0.15, -0.1) is 40.4 Å². The van der Waals surface area contributed by atoms with Crippen molar-refractivity contribution < 1.29 is 39.3 Å². The summed E-state index contributed by atoms with van der Waals surface area (Å²) in [4.78, 5) is 65.5. The molecule has 0 radical (unpaired) electrons. The molecule has 236 valence electrons. The lowest BCUT2D eigenvalue weighted by Gasteiger charge is -2.53. The van der Waals surface area contributed by atoms with Gasteiger partial charge in [0.2, 0.25) is 11.5 Å². The standard InChI is InChI=1S/C24H29N9O8S3/c1-11-4-14(33-13(26-11)5-31(10-34)30-33)43-8-24(21(39)40)7-32-18(36)16(19(32)44-9-24)28-17(35)15(12-6-42-22(25)27-12)29-41-23(2,3)20(37)38/h4-6,16,19,30,34H,7-10H2,1-3H3,(H2,25,27)(H,28,35)(H,37,38)(H,39,40)/t16?,19-,24?/m1/s1. The van der Waals surface area contributed by atoms with Crippen molar-refractivity contribution in [3.63, 3.8) is 0 Å². The monoisotopic (exact) mass is 667 g/mol. The Bertz CT molecular complexity index is 1530. The van der Waals surface area contributed by atoms with E-state index in [1.165, 1.54) is 52.7 Å². The van der Waals surface area contributed by atoms with Crippen LogP contribution in [-0.2, 0) is 24.0 Å². The molecule has 0 saturated carbocycles. The molecule has 44 heavy (non-hydrogen) atoms. The summed E-state index contributed by atoms with van der Waals surface area (Å²) in [6, 6.07) is -0.980. The van der Waals surface area contributed by atoms with E-state index in [0.29, 0.717) is 16.6 Å². The average Bonchev–Trinajstić information content (AvgIpc) is 3.60. The summed E-state index contributed by atoms with van der Waals surface area (Å²) in [7, 11) is 0. The number of hydrogen-bond donors (Lipinski definition) is 6. The Hall–Kier alpha value is -3.85. The fraction of sp³-hybridized carbons (Fsp3) is 0.458. The highest BCUT2D eigenvalue weighted by atomic mass is 32.2. The van der Waals surface area contributed by atoms with Crippen LogP contribution in [0.2, 0.25) is 0 Å². The van der Waals surface area contributed by atoms with Gasteiger partial charge in [0.1, 0.15) is 29.3 Å². The minimum absolute atomic E-state index is 0.0398. The maximum Gasteiger partial charge on any atom is 0.350 e. The largest absolute Gasteiger partial charge is 0.481 e. The quantitative estimate of drug-likeness (QED) is 0.100. The summed E-state index contributed by atoms with van der Waals surface area (Å²) in [6.45, 7) is 3.95. The van der Waals surface area contributed by atoms with Crippen LogP contribution in [-0.4, -0.2) is 112 Å². The molecule has 1 aromatic heterocycles. The number of hydrazine groups is 2. The van der Waals surface area contributed by atoms with Gasteiger partial charge in [-0.3, -0.25) is 19.4 Å². The van der Waals surface area contributed by atoms with E-state index in [1.54, 1.807) is 24.2 Å². The molecule has 4 aliphatic rings. The Kier molecular flexibility index (Phi) is 8.55. The third kappa shape index (κ3) is 5.94. The molecule has 4 aliphatic heterocycles. The third-order valence-electron chi connectivity index (χ3n) is 6.97. The van der Waals surface area contributed by atoms with Gasteiger partial charge in [0.15, 0.2) is 16.7 Å². The number of carbonyl (C=O) groups is 4. The number of anilines is 1. The zero-order chi connectivity index (χ0) is 32.0. The molecule has 1 aromatic rings. The lowest BCUT2D eigenvalue weighted by Crippen LogP contribution is -2.74. The molecule has 2 saturated heterocycles. The Morgan fingerprint density at radius 3 is 2.75 bits per heavy atom. The summed E-state index contributed by atoms with van der Waals surface area (Å²) >= 11 is 3.55. The SMILES string of the molecule is CC1=NC2=CN(CO)NN2C(SCC2(C(=O)O)CS[C@@H]3C(NC(=O)C(=NOC(C)(C)C(=O)O)c4csc(N)n4)C(=O)N3C2)=C1. The number of nitrogens with two attached hydrogens (primary N) is 1. The van der Waals surface area contributed by atoms with Gasteiger partial charge < -0.3 is 36.1 Å². The van der Waals surface area contributed by atoms with Crippen LogP contribution in [0.4, 0.5) is 5.13 Å². The molecular weight excluding hydrogens is 639 g/mol. The van der Waals surface area contributed by atoms with Crippen LogP contribution in [0.3, 0.4) is 0 Å². The van der Waals surface area contributed by atoms with E-state index in [9.17, 15) is 34.5 Å². The number of nitrogens with one attached hydrogen (secondary N) is 2. The van der Waals surface area contributed by atoms with E-state index in [4.69, 9.17) is 10.6 Å². The second-order valence-corrected chi connectivity index (χ2v) is 13.7. The van der Waals surface area contributed by atoms with E-state index in [0.717, 1.165) is 11.3 Å². The zero-order valence-corrected chi connectivity index (χ0v) is 26.0. The minimum Gasteiger partial charge on any atom is -0.481 e. The molecule has 0 spiro atoms. The minimum atomic E-state index is -1.76.